The Labute approximate surface area is 508 Å². The summed E-state index contributed by atoms with van der Waals surface area (Å²) in [6.45, 7) is 6.52. The van der Waals surface area contributed by atoms with Gasteiger partial charge in [0.15, 0.2) is 6.10 Å². The average molecular weight is 1140 g/mol. The van der Waals surface area contributed by atoms with Crippen LogP contribution in [0.15, 0.2) is 97.2 Å². The van der Waals surface area contributed by atoms with Crippen LogP contribution in [0.2, 0.25) is 0 Å². The zero-order chi connectivity index (χ0) is 59.2. The van der Waals surface area contributed by atoms with E-state index in [0.717, 1.165) is 103 Å². The van der Waals surface area contributed by atoms with Crippen molar-refractivity contribution in [2.75, 3.05) is 13.2 Å². The Morgan fingerprint density at radius 2 is 0.476 bits per heavy atom. The molecular weight excluding hydrogens is 1010 g/mol. The summed E-state index contributed by atoms with van der Waals surface area (Å²) >= 11 is 0. The lowest BCUT2D eigenvalue weighted by Crippen LogP contribution is -2.30. The first-order valence-corrected chi connectivity index (χ1v) is 35.2. The molecule has 0 saturated heterocycles. The Balaban J connectivity index is 4.26. The fourth-order valence-corrected chi connectivity index (χ4v) is 10.0. The standard InChI is InChI=1S/C76H132O6/c1-4-7-10-13-16-19-22-25-27-29-31-33-35-37-38-40-41-43-45-47-49-51-54-57-60-63-66-69-75(78)81-72-73(71-80-74(77)68-65-62-59-56-53-24-21-18-15-12-9-6-3)82-76(79)70-67-64-61-58-55-52-50-48-46-44-42-39-36-34-32-30-28-26-23-20-17-14-11-8-5-2/h7,10,16,18-19,21,23,25-27,30-33,37-38,73H,4-6,8-9,11-15,17,20,22,24,28-29,34-36,39-72H2,1-3H3/b10-7-,19-16-,21-18-,26-23-,27-25-,32-30-,33-31-,38-37-. The third-order valence-electron chi connectivity index (χ3n) is 15.3. The van der Waals surface area contributed by atoms with Gasteiger partial charge >= 0.3 is 17.9 Å². The van der Waals surface area contributed by atoms with Gasteiger partial charge in [-0.3, -0.25) is 14.4 Å². The second kappa shape index (κ2) is 69.8. The first-order valence-electron chi connectivity index (χ1n) is 35.2. The second-order valence-electron chi connectivity index (χ2n) is 23.4. The van der Waals surface area contributed by atoms with E-state index in [1.807, 2.05) is 0 Å². The van der Waals surface area contributed by atoms with Gasteiger partial charge in [0.05, 0.1) is 0 Å². The van der Waals surface area contributed by atoms with Gasteiger partial charge in [0.25, 0.3) is 0 Å². The van der Waals surface area contributed by atoms with E-state index in [0.29, 0.717) is 19.3 Å². The highest BCUT2D eigenvalue weighted by Gasteiger charge is 2.19. The van der Waals surface area contributed by atoms with Gasteiger partial charge in [-0.25, -0.2) is 0 Å². The molecule has 0 radical (unpaired) electrons. The van der Waals surface area contributed by atoms with E-state index in [4.69, 9.17) is 14.2 Å². The number of carbonyl (C=O) groups excluding carboxylic acids is 3. The SMILES string of the molecule is CC/C=C\C/C=C\C/C=C\C/C=C\C/C=C\CCCCCCCCCCCCCC(=O)OCC(COC(=O)CCCCCCC/C=C\CCCCC)OC(=O)CCCCCCCCCCCCCCC/C=C\C/C=C\CCCCCCC. The summed E-state index contributed by atoms with van der Waals surface area (Å²) in [5.74, 6) is -0.878. The van der Waals surface area contributed by atoms with Crippen LogP contribution in [0.25, 0.3) is 0 Å². The molecule has 0 saturated carbocycles. The fourth-order valence-electron chi connectivity index (χ4n) is 10.0. The van der Waals surface area contributed by atoms with Crippen LogP contribution >= 0.6 is 0 Å². The lowest BCUT2D eigenvalue weighted by Gasteiger charge is -2.18. The van der Waals surface area contributed by atoms with Crippen LogP contribution in [0, 0.1) is 0 Å². The number of ether oxygens (including phenoxy) is 3. The summed E-state index contributed by atoms with van der Waals surface area (Å²) < 4.78 is 17.0. The monoisotopic (exact) mass is 1140 g/mol. The summed E-state index contributed by atoms with van der Waals surface area (Å²) in [6, 6.07) is 0. The van der Waals surface area contributed by atoms with Crippen molar-refractivity contribution in [1.29, 1.82) is 0 Å². The van der Waals surface area contributed by atoms with Gasteiger partial charge in [-0.15, -0.1) is 0 Å². The molecule has 1 unspecified atom stereocenters. The van der Waals surface area contributed by atoms with Crippen LogP contribution in [0.5, 0.6) is 0 Å². The van der Waals surface area contributed by atoms with Crippen LogP contribution in [0.1, 0.15) is 348 Å². The number of carbonyl (C=O) groups is 3. The Hall–Kier alpha value is -3.67. The van der Waals surface area contributed by atoms with E-state index < -0.39 is 6.10 Å². The lowest BCUT2D eigenvalue weighted by atomic mass is 10.0. The number of rotatable bonds is 64. The molecule has 0 spiro atoms. The van der Waals surface area contributed by atoms with Crippen molar-refractivity contribution in [2.24, 2.45) is 0 Å². The first-order chi connectivity index (χ1) is 40.5. The van der Waals surface area contributed by atoms with Crippen LogP contribution in [-0.4, -0.2) is 37.2 Å². The maximum Gasteiger partial charge on any atom is 0.306 e. The van der Waals surface area contributed by atoms with Crippen molar-refractivity contribution in [1.82, 2.24) is 0 Å². The molecule has 0 bridgehead atoms. The van der Waals surface area contributed by atoms with Crippen molar-refractivity contribution in [3.05, 3.63) is 97.2 Å². The smallest absolute Gasteiger partial charge is 0.306 e. The van der Waals surface area contributed by atoms with Gasteiger partial charge in [-0.05, 0) is 122 Å². The van der Waals surface area contributed by atoms with Crippen LogP contribution in [0.3, 0.4) is 0 Å². The predicted octanol–water partition coefficient (Wildman–Crippen LogP) is 24.4. The summed E-state index contributed by atoms with van der Waals surface area (Å²) in [6.07, 6.45) is 94.3. The van der Waals surface area contributed by atoms with Gasteiger partial charge in [0.1, 0.15) is 13.2 Å². The molecule has 0 N–H and O–H groups in total. The summed E-state index contributed by atoms with van der Waals surface area (Å²) in [7, 11) is 0. The average Bonchev–Trinajstić information content (AvgIpc) is 3.47. The summed E-state index contributed by atoms with van der Waals surface area (Å²) in [5, 5.41) is 0. The van der Waals surface area contributed by atoms with Crippen molar-refractivity contribution < 1.29 is 28.6 Å². The summed E-state index contributed by atoms with van der Waals surface area (Å²) in [5.41, 5.74) is 0. The number of allylic oxidation sites excluding steroid dienone is 16. The Morgan fingerprint density at radius 1 is 0.256 bits per heavy atom. The van der Waals surface area contributed by atoms with Crippen molar-refractivity contribution >= 4 is 17.9 Å². The van der Waals surface area contributed by atoms with Crippen molar-refractivity contribution in [3.8, 4) is 0 Å². The minimum Gasteiger partial charge on any atom is -0.462 e. The third-order valence-corrected chi connectivity index (χ3v) is 15.3. The maximum atomic E-state index is 13.0. The second-order valence-corrected chi connectivity index (χ2v) is 23.4. The molecule has 0 aromatic carbocycles. The highest BCUT2D eigenvalue weighted by Crippen LogP contribution is 2.17. The number of esters is 3. The minimum atomic E-state index is -0.784. The molecule has 0 aromatic heterocycles. The number of hydrogen-bond donors (Lipinski definition) is 0. The lowest BCUT2D eigenvalue weighted by molar-refractivity contribution is -0.167. The normalized spacial score (nSPS) is 12.7. The van der Waals surface area contributed by atoms with Crippen molar-refractivity contribution in [3.63, 3.8) is 0 Å². The zero-order valence-electron chi connectivity index (χ0n) is 54.2. The van der Waals surface area contributed by atoms with Gasteiger partial charge in [0.2, 0.25) is 0 Å². The number of unbranched alkanes of at least 4 members (excludes halogenated alkanes) is 37. The van der Waals surface area contributed by atoms with E-state index in [9.17, 15) is 14.4 Å². The Bertz CT molecular complexity index is 1590. The molecule has 0 rings (SSSR count). The van der Waals surface area contributed by atoms with E-state index >= 15 is 0 Å². The molecule has 6 nitrogen and oxygen atoms in total. The molecule has 1 atom stereocenters. The highest BCUT2D eigenvalue weighted by atomic mass is 16.6. The van der Waals surface area contributed by atoms with E-state index in [1.54, 1.807) is 0 Å². The van der Waals surface area contributed by atoms with E-state index in [2.05, 4.69) is 118 Å². The quantitative estimate of drug-likeness (QED) is 0.0261. The first kappa shape index (κ1) is 78.3. The van der Waals surface area contributed by atoms with Gasteiger partial charge in [0, 0.05) is 19.3 Å². The molecule has 0 aromatic rings. The molecule has 0 heterocycles. The molecule has 0 amide bonds. The zero-order valence-corrected chi connectivity index (χ0v) is 54.2. The molecule has 472 valence electrons. The molecule has 82 heavy (non-hydrogen) atoms. The highest BCUT2D eigenvalue weighted by molar-refractivity contribution is 5.71. The maximum absolute atomic E-state index is 13.0. The van der Waals surface area contributed by atoms with E-state index in [-0.39, 0.29) is 31.1 Å². The molecule has 0 fully saturated rings. The molecule has 6 heteroatoms. The summed E-state index contributed by atoms with van der Waals surface area (Å²) in [4.78, 5) is 38.4. The third kappa shape index (κ3) is 67.1. The molecule has 0 aliphatic heterocycles. The molecule has 0 aliphatic rings. The Kier molecular flexibility index (Phi) is 66.7. The van der Waals surface area contributed by atoms with Gasteiger partial charge in [-0.1, -0.05) is 304 Å². The van der Waals surface area contributed by atoms with Crippen LogP contribution in [-0.2, 0) is 28.6 Å². The van der Waals surface area contributed by atoms with Crippen molar-refractivity contribution in [2.45, 2.75) is 354 Å². The van der Waals surface area contributed by atoms with E-state index in [1.165, 1.54) is 205 Å². The predicted molar refractivity (Wildman–Crippen MR) is 357 cm³/mol. The molecular formula is C76H132O6. The molecule has 0 aliphatic carbocycles. The number of hydrogen-bond acceptors (Lipinski definition) is 6. The topological polar surface area (TPSA) is 78.9 Å². The Morgan fingerprint density at radius 3 is 0.780 bits per heavy atom. The van der Waals surface area contributed by atoms with Gasteiger partial charge < -0.3 is 14.2 Å². The largest absolute Gasteiger partial charge is 0.462 e. The fraction of sp³-hybridized carbons (Fsp3) is 0.750. The van der Waals surface area contributed by atoms with Crippen LogP contribution < -0.4 is 0 Å². The van der Waals surface area contributed by atoms with Gasteiger partial charge in [-0.2, -0.15) is 0 Å². The van der Waals surface area contributed by atoms with Crippen LogP contribution in [0.4, 0.5) is 0 Å². The minimum absolute atomic E-state index is 0.0798.